The second kappa shape index (κ2) is 9.19. The molecule has 1 amide bonds. The van der Waals surface area contributed by atoms with Gasteiger partial charge in [-0.1, -0.05) is 32.9 Å². The second-order valence-electron chi connectivity index (χ2n) is 10.5. The van der Waals surface area contributed by atoms with Crippen LogP contribution in [0.5, 0.6) is 0 Å². The number of H-pyrrole nitrogens is 2. The molecule has 0 unspecified atom stereocenters. The number of aromatic nitrogens is 7. The van der Waals surface area contributed by atoms with Crippen LogP contribution in [0.2, 0.25) is 0 Å². The zero-order chi connectivity index (χ0) is 26.3. The van der Waals surface area contributed by atoms with Crippen molar-refractivity contribution in [2.75, 3.05) is 5.32 Å². The van der Waals surface area contributed by atoms with E-state index in [1.807, 2.05) is 63.2 Å². The lowest BCUT2D eigenvalue weighted by Gasteiger charge is -2.17. The minimum absolute atomic E-state index is 0.0434. The topological polar surface area (TPSA) is 125 Å². The van der Waals surface area contributed by atoms with Crippen molar-refractivity contribution >= 4 is 33.7 Å². The third kappa shape index (κ3) is 4.61. The van der Waals surface area contributed by atoms with Crippen molar-refractivity contribution in [1.29, 1.82) is 0 Å². The highest BCUT2D eigenvalue weighted by Crippen LogP contribution is 2.32. The lowest BCUT2D eigenvalue weighted by molar-refractivity contribution is -0.117. The first-order chi connectivity index (χ1) is 18.3. The van der Waals surface area contributed by atoms with Gasteiger partial charge in [0.2, 0.25) is 5.91 Å². The van der Waals surface area contributed by atoms with Gasteiger partial charge < -0.3 is 10.3 Å². The van der Waals surface area contributed by atoms with Crippen LogP contribution in [0.3, 0.4) is 0 Å². The molecular formula is C29H26N8O. The van der Waals surface area contributed by atoms with Crippen LogP contribution in [0.4, 0.5) is 5.69 Å². The number of pyridine rings is 3. The maximum Gasteiger partial charge on any atom is 0.224 e. The van der Waals surface area contributed by atoms with Crippen molar-refractivity contribution in [3.63, 3.8) is 0 Å². The normalized spacial score (nSPS) is 11.8. The summed E-state index contributed by atoms with van der Waals surface area (Å²) < 4.78 is 0. The van der Waals surface area contributed by atoms with Crippen LogP contribution in [-0.2, 0) is 4.79 Å². The van der Waals surface area contributed by atoms with Gasteiger partial charge in [0, 0.05) is 47.9 Å². The summed E-state index contributed by atoms with van der Waals surface area (Å²) in [5.74, 6) is 0.603. The van der Waals surface area contributed by atoms with Crippen molar-refractivity contribution in [1.82, 2.24) is 35.1 Å². The van der Waals surface area contributed by atoms with Gasteiger partial charge in [-0.3, -0.25) is 19.9 Å². The van der Waals surface area contributed by atoms with E-state index in [0.29, 0.717) is 29.3 Å². The number of nitrogens with zero attached hydrogens (tertiary/aromatic N) is 5. The fraction of sp³-hybridized carbons (Fsp3) is 0.172. The molecule has 0 saturated carbocycles. The SMILES string of the molecule is CC(C)(C)CC(=O)Nc1cncc(-c2cnc3[nH]nc(-c4nc5c(-c6ccncc6)cccc5[nH]4)c3c2)c1. The molecular weight excluding hydrogens is 476 g/mol. The number of para-hydroxylation sites is 1. The van der Waals surface area contributed by atoms with Gasteiger partial charge in [0.25, 0.3) is 0 Å². The number of imidazole rings is 1. The van der Waals surface area contributed by atoms with E-state index in [0.717, 1.165) is 38.7 Å². The van der Waals surface area contributed by atoms with Crippen LogP contribution in [-0.4, -0.2) is 41.0 Å². The quantitative estimate of drug-likeness (QED) is 0.265. The number of carbonyl (C=O) groups excluding carboxylic acids is 1. The molecule has 1 aromatic carbocycles. The minimum atomic E-state index is -0.0997. The van der Waals surface area contributed by atoms with Crippen LogP contribution in [0.25, 0.3) is 55.8 Å². The number of benzene rings is 1. The number of aromatic amines is 2. The Morgan fingerprint density at radius 3 is 2.58 bits per heavy atom. The summed E-state index contributed by atoms with van der Waals surface area (Å²) in [7, 11) is 0. The predicted molar refractivity (Wildman–Crippen MR) is 148 cm³/mol. The minimum Gasteiger partial charge on any atom is -0.337 e. The van der Waals surface area contributed by atoms with Crippen molar-refractivity contribution < 1.29 is 4.79 Å². The third-order valence-electron chi connectivity index (χ3n) is 6.19. The van der Waals surface area contributed by atoms with E-state index in [9.17, 15) is 4.79 Å². The molecule has 0 saturated heterocycles. The van der Waals surface area contributed by atoms with Crippen LogP contribution in [0, 0.1) is 5.41 Å². The standard InChI is InChI=1S/C29H26N8O/c1-29(2,3)13-24(38)33-20-11-18(14-31-16-20)19-12-22-26(36-37-27(22)32-15-19)28-34-23-6-4-5-21(25(23)35-28)17-7-9-30-10-8-17/h4-12,14-16H,13H2,1-3H3,(H,33,38)(H,34,35)(H,32,36,37). The molecule has 38 heavy (non-hydrogen) atoms. The zero-order valence-corrected chi connectivity index (χ0v) is 21.3. The summed E-state index contributed by atoms with van der Waals surface area (Å²) in [6, 6.07) is 13.9. The lowest BCUT2D eigenvalue weighted by atomic mass is 9.92. The van der Waals surface area contributed by atoms with E-state index in [2.05, 4.69) is 35.5 Å². The molecule has 6 rings (SSSR count). The Kier molecular flexibility index (Phi) is 5.68. The number of rotatable bonds is 5. The van der Waals surface area contributed by atoms with E-state index in [4.69, 9.17) is 4.98 Å². The van der Waals surface area contributed by atoms with Crippen LogP contribution < -0.4 is 5.32 Å². The van der Waals surface area contributed by atoms with Gasteiger partial charge in [-0.05, 0) is 41.3 Å². The average Bonchev–Trinajstić information content (AvgIpc) is 3.51. The van der Waals surface area contributed by atoms with Crippen molar-refractivity contribution in [2.24, 2.45) is 5.41 Å². The number of carbonyl (C=O) groups is 1. The Bertz CT molecular complexity index is 1780. The molecule has 0 fully saturated rings. The van der Waals surface area contributed by atoms with Gasteiger partial charge in [-0.15, -0.1) is 0 Å². The molecule has 188 valence electrons. The molecule has 5 aromatic heterocycles. The summed E-state index contributed by atoms with van der Waals surface area (Å²) in [4.78, 5) is 33.8. The van der Waals surface area contributed by atoms with E-state index in [1.54, 1.807) is 31.0 Å². The highest BCUT2D eigenvalue weighted by atomic mass is 16.1. The van der Waals surface area contributed by atoms with E-state index in [-0.39, 0.29) is 11.3 Å². The fourth-order valence-electron chi connectivity index (χ4n) is 4.50. The predicted octanol–water partition coefficient (Wildman–Crippen LogP) is 6.00. The van der Waals surface area contributed by atoms with Crippen molar-refractivity contribution in [3.05, 3.63) is 73.4 Å². The molecule has 0 bridgehead atoms. The van der Waals surface area contributed by atoms with Crippen LogP contribution in [0.15, 0.2) is 73.4 Å². The Morgan fingerprint density at radius 2 is 1.76 bits per heavy atom. The van der Waals surface area contributed by atoms with Gasteiger partial charge >= 0.3 is 0 Å². The van der Waals surface area contributed by atoms with E-state index in [1.165, 1.54) is 0 Å². The molecule has 9 heteroatoms. The first-order valence-electron chi connectivity index (χ1n) is 12.3. The first-order valence-corrected chi connectivity index (χ1v) is 12.3. The molecule has 9 nitrogen and oxygen atoms in total. The maximum atomic E-state index is 12.4. The van der Waals surface area contributed by atoms with Crippen molar-refractivity contribution in [2.45, 2.75) is 27.2 Å². The molecule has 0 aliphatic heterocycles. The number of nitrogens with one attached hydrogen (secondary N) is 3. The summed E-state index contributed by atoms with van der Waals surface area (Å²) in [5.41, 5.74) is 7.40. The monoisotopic (exact) mass is 502 g/mol. The van der Waals surface area contributed by atoms with Gasteiger partial charge in [-0.2, -0.15) is 5.10 Å². The molecule has 0 atom stereocenters. The molecule has 6 aromatic rings. The summed E-state index contributed by atoms with van der Waals surface area (Å²) >= 11 is 0. The maximum absolute atomic E-state index is 12.4. The van der Waals surface area contributed by atoms with E-state index < -0.39 is 0 Å². The number of anilines is 1. The largest absolute Gasteiger partial charge is 0.337 e. The molecule has 5 heterocycles. The number of hydrogen-bond donors (Lipinski definition) is 3. The van der Waals surface area contributed by atoms with Gasteiger partial charge in [0.15, 0.2) is 11.5 Å². The molecule has 0 radical (unpaired) electrons. The van der Waals surface area contributed by atoms with E-state index >= 15 is 0 Å². The first kappa shape index (κ1) is 23.5. The fourth-order valence-corrected chi connectivity index (χ4v) is 4.50. The number of hydrogen-bond acceptors (Lipinski definition) is 6. The van der Waals surface area contributed by atoms with Gasteiger partial charge in [0.1, 0.15) is 5.69 Å². The van der Waals surface area contributed by atoms with Crippen molar-refractivity contribution in [3.8, 4) is 33.8 Å². The molecule has 3 N–H and O–H groups in total. The Labute approximate surface area is 218 Å². The zero-order valence-electron chi connectivity index (χ0n) is 21.3. The van der Waals surface area contributed by atoms with Crippen LogP contribution >= 0.6 is 0 Å². The number of amides is 1. The molecule has 0 aliphatic carbocycles. The Hall–Kier alpha value is -4.92. The second-order valence-corrected chi connectivity index (χ2v) is 10.5. The summed E-state index contributed by atoms with van der Waals surface area (Å²) in [6.07, 6.45) is 9.13. The lowest BCUT2D eigenvalue weighted by Crippen LogP contribution is -2.19. The van der Waals surface area contributed by atoms with Gasteiger partial charge in [-0.25, -0.2) is 9.97 Å². The Morgan fingerprint density at radius 1 is 0.947 bits per heavy atom. The van der Waals surface area contributed by atoms with Gasteiger partial charge in [0.05, 0.1) is 28.3 Å². The molecule has 0 spiro atoms. The van der Waals surface area contributed by atoms with Crippen LogP contribution in [0.1, 0.15) is 27.2 Å². The third-order valence-corrected chi connectivity index (χ3v) is 6.19. The smallest absolute Gasteiger partial charge is 0.224 e. The molecule has 0 aliphatic rings. The number of fused-ring (bicyclic) bond motifs is 2. The summed E-state index contributed by atoms with van der Waals surface area (Å²) in [6.45, 7) is 6.10. The highest BCUT2D eigenvalue weighted by Gasteiger charge is 2.18. The Balaban J connectivity index is 1.36. The average molecular weight is 503 g/mol. The summed E-state index contributed by atoms with van der Waals surface area (Å²) in [5, 5.41) is 11.3. The highest BCUT2D eigenvalue weighted by molar-refractivity contribution is 5.97.